The molecule has 214 valence electrons. The van der Waals surface area contributed by atoms with Gasteiger partial charge in [-0.2, -0.15) is 0 Å². The van der Waals surface area contributed by atoms with Crippen LogP contribution in [0.3, 0.4) is 0 Å². The molecule has 2 aromatic heterocycles. The molecule has 9 N–H and O–H groups in total. The molecule has 3 rings (SSSR count). The lowest BCUT2D eigenvalue weighted by molar-refractivity contribution is -0.144. The molecule has 2 heterocycles. The molecule has 4 unspecified atom stereocenters. The number of fused-ring (bicyclic) bond motifs is 1. The summed E-state index contributed by atoms with van der Waals surface area (Å²) in [5, 5.41) is 27.0. The number of benzene rings is 1. The molecule has 0 bridgehead atoms. The van der Waals surface area contributed by atoms with Gasteiger partial charge in [-0.1, -0.05) is 32.0 Å². The predicted molar refractivity (Wildman–Crippen MR) is 143 cm³/mol. The summed E-state index contributed by atoms with van der Waals surface area (Å²) in [4.78, 5) is 72.2. The molecule has 0 fully saturated rings. The van der Waals surface area contributed by atoms with Crippen molar-refractivity contribution in [1.82, 2.24) is 30.9 Å². The molecule has 1 aromatic carbocycles. The number of H-pyrrole nitrogens is 2. The van der Waals surface area contributed by atoms with Crippen LogP contribution < -0.4 is 21.7 Å². The van der Waals surface area contributed by atoms with Crippen molar-refractivity contribution in [3.05, 3.63) is 54.2 Å². The molecule has 0 saturated heterocycles. The zero-order chi connectivity index (χ0) is 29.4. The van der Waals surface area contributed by atoms with Crippen LogP contribution in [0.2, 0.25) is 0 Å². The SMILES string of the molecule is CC(C)C(NC(=O)C(Cc1c[nH]c2ccccc12)NC(=O)C(CC(=O)O)NC(=O)C(N)Cc1cnc[nH]1)C(=O)O. The first-order chi connectivity index (χ1) is 19.0. The fraction of sp³-hybridized carbons (Fsp3) is 0.385. The lowest BCUT2D eigenvalue weighted by atomic mass is 10.0. The van der Waals surface area contributed by atoms with Crippen molar-refractivity contribution in [2.75, 3.05) is 0 Å². The minimum absolute atomic E-state index is 0.0426. The molecule has 0 radical (unpaired) electrons. The maximum Gasteiger partial charge on any atom is 0.326 e. The van der Waals surface area contributed by atoms with Gasteiger partial charge in [-0.3, -0.25) is 19.2 Å². The fourth-order valence-corrected chi connectivity index (χ4v) is 4.16. The van der Waals surface area contributed by atoms with Crippen molar-refractivity contribution in [1.29, 1.82) is 0 Å². The van der Waals surface area contributed by atoms with E-state index in [-0.39, 0.29) is 12.8 Å². The number of aromatic amines is 2. The molecule has 0 aliphatic carbocycles. The fourth-order valence-electron chi connectivity index (χ4n) is 4.16. The van der Waals surface area contributed by atoms with Gasteiger partial charge < -0.3 is 41.9 Å². The minimum Gasteiger partial charge on any atom is -0.481 e. The van der Waals surface area contributed by atoms with Crippen LogP contribution in [0, 0.1) is 5.92 Å². The Morgan fingerprint density at radius 1 is 0.925 bits per heavy atom. The van der Waals surface area contributed by atoms with Gasteiger partial charge in [-0.05, 0) is 17.5 Å². The third kappa shape index (κ3) is 7.89. The Hall–Kier alpha value is -4.72. The average molecular weight is 556 g/mol. The van der Waals surface area contributed by atoms with Crippen molar-refractivity contribution in [3.63, 3.8) is 0 Å². The summed E-state index contributed by atoms with van der Waals surface area (Å²) < 4.78 is 0. The lowest BCUT2D eigenvalue weighted by Gasteiger charge is -2.25. The molecule has 0 aliphatic rings. The molecule has 0 aliphatic heterocycles. The summed E-state index contributed by atoms with van der Waals surface area (Å²) in [6, 6.07) is 2.08. The van der Waals surface area contributed by atoms with Gasteiger partial charge in [0.1, 0.15) is 18.1 Å². The Bertz CT molecular complexity index is 1350. The van der Waals surface area contributed by atoms with E-state index in [2.05, 4.69) is 30.9 Å². The first-order valence-electron chi connectivity index (χ1n) is 12.6. The number of amides is 3. The second-order valence-electron chi connectivity index (χ2n) is 9.74. The number of nitrogens with zero attached hydrogens (tertiary/aromatic N) is 1. The van der Waals surface area contributed by atoms with Crippen molar-refractivity contribution >= 4 is 40.6 Å². The highest BCUT2D eigenvalue weighted by molar-refractivity contribution is 5.96. The van der Waals surface area contributed by atoms with Gasteiger partial charge in [-0.25, -0.2) is 9.78 Å². The van der Waals surface area contributed by atoms with E-state index in [1.807, 2.05) is 18.2 Å². The molecular formula is C26H33N7O7. The largest absolute Gasteiger partial charge is 0.481 e. The predicted octanol–water partition coefficient (Wildman–Crippen LogP) is -0.327. The van der Waals surface area contributed by atoms with Crippen LogP contribution in [0.15, 0.2) is 43.0 Å². The number of para-hydroxylation sites is 1. The van der Waals surface area contributed by atoms with E-state index in [1.54, 1.807) is 26.1 Å². The average Bonchev–Trinajstić information content (AvgIpc) is 3.55. The second-order valence-corrected chi connectivity index (χ2v) is 9.74. The number of nitrogens with one attached hydrogen (secondary N) is 5. The summed E-state index contributed by atoms with van der Waals surface area (Å²) >= 11 is 0. The highest BCUT2D eigenvalue weighted by Crippen LogP contribution is 2.19. The van der Waals surface area contributed by atoms with Crippen LogP contribution in [-0.2, 0) is 36.8 Å². The Labute approximate surface area is 229 Å². The molecule has 0 spiro atoms. The number of nitrogens with two attached hydrogens (primary N) is 1. The number of carboxylic acids is 2. The Kier molecular flexibility index (Phi) is 9.97. The number of hydrogen-bond acceptors (Lipinski definition) is 7. The van der Waals surface area contributed by atoms with Crippen LogP contribution in [0.1, 0.15) is 31.5 Å². The third-order valence-electron chi connectivity index (χ3n) is 6.31. The Morgan fingerprint density at radius 3 is 2.23 bits per heavy atom. The summed E-state index contributed by atoms with van der Waals surface area (Å²) in [6.07, 6.45) is 3.79. The van der Waals surface area contributed by atoms with Crippen LogP contribution in [-0.4, -0.2) is 79.0 Å². The van der Waals surface area contributed by atoms with Gasteiger partial charge in [0.15, 0.2) is 0 Å². The molecule has 3 amide bonds. The van der Waals surface area contributed by atoms with E-state index in [9.17, 15) is 34.2 Å². The highest BCUT2D eigenvalue weighted by Gasteiger charge is 2.33. The molecule has 14 nitrogen and oxygen atoms in total. The maximum absolute atomic E-state index is 13.3. The highest BCUT2D eigenvalue weighted by atomic mass is 16.4. The Morgan fingerprint density at radius 2 is 1.60 bits per heavy atom. The summed E-state index contributed by atoms with van der Waals surface area (Å²) in [5.74, 6) is -5.58. The first-order valence-corrected chi connectivity index (χ1v) is 12.6. The quantitative estimate of drug-likeness (QED) is 0.130. The number of carbonyl (C=O) groups is 5. The molecule has 40 heavy (non-hydrogen) atoms. The van der Waals surface area contributed by atoms with E-state index in [0.29, 0.717) is 11.3 Å². The van der Waals surface area contributed by atoms with Crippen molar-refractivity contribution in [2.45, 2.75) is 57.3 Å². The van der Waals surface area contributed by atoms with Crippen LogP contribution in [0.25, 0.3) is 10.9 Å². The number of aliphatic carboxylic acids is 2. The molecule has 4 atom stereocenters. The third-order valence-corrected chi connectivity index (χ3v) is 6.31. The Balaban J connectivity index is 1.82. The van der Waals surface area contributed by atoms with Gasteiger partial charge in [-0.15, -0.1) is 0 Å². The van der Waals surface area contributed by atoms with E-state index in [1.165, 1.54) is 12.5 Å². The zero-order valence-electron chi connectivity index (χ0n) is 22.0. The topological polar surface area (TPSA) is 232 Å². The molecule has 3 aromatic rings. The number of aromatic nitrogens is 3. The standard InChI is InChI=1S/C26H33N7O7/c1-13(2)22(26(39)40)33-25(38)19(7-14-10-29-18-6-4-3-5-16(14)18)32-24(37)20(9-21(34)35)31-23(36)17(27)8-15-11-28-12-30-15/h3-6,10-13,17,19-20,22,29H,7-9,27H2,1-2H3,(H,28,30)(H,31,36)(H,32,37)(H,33,38)(H,34,35)(H,39,40). The van der Waals surface area contributed by atoms with E-state index >= 15 is 0 Å². The van der Waals surface area contributed by atoms with Gasteiger partial charge >= 0.3 is 11.9 Å². The number of carbonyl (C=O) groups excluding carboxylic acids is 3. The monoisotopic (exact) mass is 555 g/mol. The summed E-state index contributed by atoms with van der Waals surface area (Å²) in [6.45, 7) is 3.24. The number of imidazole rings is 1. The van der Waals surface area contributed by atoms with E-state index in [0.717, 1.165) is 10.9 Å². The smallest absolute Gasteiger partial charge is 0.326 e. The van der Waals surface area contributed by atoms with Crippen LogP contribution in [0.5, 0.6) is 0 Å². The maximum atomic E-state index is 13.3. The zero-order valence-corrected chi connectivity index (χ0v) is 22.0. The van der Waals surface area contributed by atoms with Crippen LogP contribution in [0.4, 0.5) is 0 Å². The number of carboxylic acid groups (broad SMARTS) is 2. The van der Waals surface area contributed by atoms with Gasteiger partial charge in [0.05, 0.1) is 18.8 Å². The molecule has 0 saturated carbocycles. The number of rotatable bonds is 14. The van der Waals surface area contributed by atoms with Crippen molar-refractivity contribution in [2.24, 2.45) is 11.7 Å². The van der Waals surface area contributed by atoms with Crippen molar-refractivity contribution in [3.8, 4) is 0 Å². The first kappa shape index (κ1) is 29.8. The van der Waals surface area contributed by atoms with Gasteiger partial charge in [0.25, 0.3) is 0 Å². The normalized spacial score (nSPS) is 14.2. The van der Waals surface area contributed by atoms with E-state index in [4.69, 9.17) is 5.73 Å². The van der Waals surface area contributed by atoms with Crippen molar-refractivity contribution < 1.29 is 34.2 Å². The summed E-state index contributed by atoms with van der Waals surface area (Å²) in [7, 11) is 0. The van der Waals surface area contributed by atoms with E-state index < -0.39 is 66.2 Å². The van der Waals surface area contributed by atoms with Crippen LogP contribution >= 0.6 is 0 Å². The van der Waals surface area contributed by atoms with Gasteiger partial charge in [0.2, 0.25) is 17.7 Å². The molecule has 14 heteroatoms. The second kappa shape index (κ2) is 13.4. The minimum atomic E-state index is -1.56. The number of hydrogen-bond donors (Lipinski definition) is 8. The lowest BCUT2D eigenvalue weighted by Crippen LogP contribution is -2.58. The van der Waals surface area contributed by atoms with Gasteiger partial charge in [0, 0.05) is 41.8 Å². The summed E-state index contributed by atoms with van der Waals surface area (Å²) in [5.41, 5.74) is 7.94. The molecular weight excluding hydrogens is 522 g/mol.